The van der Waals surface area contributed by atoms with E-state index in [4.69, 9.17) is 21.1 Å². The summed E-state index contributed by atoms with van der Waals surface area (Å²) >= 11 is 4.56. The number of nitrogens with one attached hydrogen (secondary N) is 2. The van der Waals surface area contributed by atoms with Crippen LogP contribution in [0, 0.1) is 16.7 Å². The van der Waals surface area contributed by atoms with Gasteiger partial charge < -0.3 is 19.7 Å². The summed E-state index contributed by atoms with van der Waals surface area (Å²) < 4.78 is 29.4. The van der Waals surface area contributed by atoms with Gasteiger partial charge >= 0.3 is 23.4 Å². The summed E-state index contributed by atoms with van der Waals surface area (Å²) in [7, 11) is 0. The van der Waals surface area contributed by atoms with E-state index in [1.54, 1.807) is 18.2 Å². The van der Waals surface area contributed by atoms with E-state index in [9.17, 15) is 19.0 Å². The number of likely N-dealkylation sites (tertiary alicyclic amines) is 1. The Morgan fingerprint density at radius 2 is 1.93 bits per heavy atom. The zero-order valence-corrected chi connectivity index (χ0v) is 33.0. The maximum absolute atomic E-state index is 13.8. The van der Waals surface area contributed by atoms with Crippen molar-refractivity contribution in [2.75, 3.05) is 56.2 Å². The number of allylic oxidation sites excluding steroid dienone is 4. The Labute approximate surface area is 335 Å². The molecule has 1 amide bonds. The number of alkyl halides is 1. The SMILES string of the molecule is O=CC1=CC(Oc2cc(N3CCC(CN4CCCCC4C4=CCC(Cl)C=C4)CC3)ccc2C(=O)N[S+](O)c2ccc(NCC3CCOCC3)c(N=O)c2)=C=[N+]=C1. The number of nitroso groups, excluding NO2 is 1. The van der Waals surface area contributed by atoms with Crippen molar-refractivity contribution < 1.29 is 23.6 Å². The molecule has 2 aromatic rings. The first-order chi connectivity index (χ1) is 27.4. The molecular weight excluding hydrogens is 752 g/mol. The molecule has 7 rings (SSSR count). The summed E-state index contributed by atoms with van der Waals surface area (Å²) in [6, 6.07) is 10.7. The molecule has 3 fully saturated rings. The van der Waals surface area contributed by atoms with Crippen molar-refractivity contribution >= 4 is 64.3 Å². The molecule has 1 aliphatic carbocycles. The minimum Gasteiger partial charge on any atom is -0.441 e. The summed E-state index contributed by atoms with van der Waals surface area (Å²) in [5.74, 6) is 3.57. The highest BCUT2D eigenvalue weighted by molar-refractivity contribution is 7.90. The van der Waals surface area contributed by atoms with Gasteiger partial charge in [0.05, 0.1) is 16.6 Å². The highest BCUT2D eigenvalue weighted by atomic mass is 35.5. The van der Waals surface area contributed by atoms with E-state index in [-0.39, 0.29) is 28.1 Å². The first-order valence-corrected chi connectivity index (χ1v) is 21.2. The number of carbonyl (C=O) groups is 2. The highest BCUT2D eigenvalue weighted by Crippen LogP contribution is 2.34. The molecule has 5 aliphatic rings. The van der Waals surface area contributed by atoms with Crippen LogP contribution in [0.4, 0.5) is 17.1 Å². The largest absolute Gasteiger partial charge is 0.441 e. The molecule has 56 heavy (non-hydrogen) atoms. The number of rotatable bonds is 14. The van der Waals surface area contributed by atoms with Crippen molar-refractivity contribution in [3.8, 4) is 5.75 Å². The van der Waals surface area contributed by atoms with Gasteiger partial charge in [-0.1, -0.05) is 24.6 Å². The van der Waals surface area contributed by atoms with Crippen molar-refractivity contribution in [3.63, 3.8) is 0 Å². The Kier molecular flexibility index (Phi) is 13.6. The number of nitrogens with zero attached hydrogens (tertiary/aromatic N) is 4. The van der Waals surface area contributed by atoms with Gasteiger partial charge in [-0.3, -0.25) is 14.5 Å². The fourth-order valence-electron chi connectivity index (χ4n) is 8.02. The highest BCUT2D eigenvalue weighted by Gasteiger charge is 2.32. The third-order valence-electron chi connectivity index (χ3n) is 11.2. The van der Waals surface area contributed by atoms with E-state index < -0.39 is 17.3 Å². The molecule has 294 valence electrons. The normalized spacial score (nSPS) is 22.5. The Hall–Kier alpha value is -4.45. The van der Waals surface area contributed by atoms with Gasteiger partial charge in [0.25, 0.3) is 11.7 Å². The van der Waals surface area contributed by atoms with E-state index in [2.05, 4.69) is 53.8 Å². The molecule has 2 aromatic carbocycles. The van der Waals surface area contributed by atoms with E-state index in [1.807, 2.05) is 12.1 Å². The van der Waals surface area contributed by atoms with Gasteiger partial charge in [0.1, 0.15) is 17.0 Å². The number of halogens is 1. The number of hydrogen-bond donors (Lipinski definition) is 3. The second-order valence-electron chi connectivity index (χ2n) is 15.0. The summed E-state index contributed by atoms with van der Waals surface area (Å²) in [4.78, 5) is 42.3. The molecule has 0 saturated carbocycles. The average Bonchev–Trinajstić information content (AvgIpc) is 3.24. The van der Waals surface area contributed by atoms with Crippen LogP contribution in [-0.4, -0.2) is 91.1 Å². The number of ether oxygens (including phenoxy) is 2. The van der Waals surface area contributed by atoms with Crippen LogP contribution in [-0.2, 0) is 20.9 Å². The Morgan fingerprint density at radius 3 is 2.70 bits per heavy atom. The van der Waals surface area contributed by atoms with Gasteiger partial charge in [-0.15, -0.1) is 21.2 Å². The summed E-state index contributed by atoms with van der Waals surface area (Å²) in [5.41, 5.74) is 3.49. The lowest BCUT2D eigenvalue weighted by molar-refractivity contribution is -0.104. The van der Waals surface area contributed by atoms with Gasteiger partial charge in [0, 0.05) is 75.4 Å². The van der Waals surface area contributed by atoms with E-state index in [0.29, 0.717) is 46.9 Å². The number of amides is 1. The Morgan fingerprint density at radius 1 is 1.09 bits per heavy atom. The molecule has 0 spiro atoms. The Bertz CT molecular complexity index is 1980. The number of piperidine rings is 2. The van der Waals surface area contributed by atoms with E-state index in [0.717, 1.165) is 77.2 Å². The first-order valence-electron chi connectivity index (χ1n) is 19.6. The molecule has 12 nitrogen and oxygen atoms in total. The second kappa shape index (κ2) is 19.1. The monoisotopic (exact) mass is 800 g/mol. The molecule has 4 aliphatic heterocycles. The average molecular weight is 801 g/mol. The quantitative estimate of drug-likeness (QED) is 0.0642. The standard InChI is InChI=1S/C42H47ClN6O6S/c43-33-6-4-32(5-7-33)40-3-1-2-16-49(40)27-30-12-17-48(18-13-30)34-8-10-37(41(22-34)55-35-21-31(28-50)24-44-26-35)42(51)47-56(53)36-9-11-38(39(23-36)46-52)45-25-29-14-19-54-20-15-29/h4-6,8-11,21-24,28-30,33,40,53H,1-3,7,12-20,25,27H2/p+2. The second-order valence-corrected chi connectivity index (χ2v) is 16.8. The topological polar surface area (TPSA) is 147 Å². The van der Waals surface area contributed by atoms with Crippen molar-refractivity contribution in [1.29, 1.82) is 0 Å². The molecule has 14 heteroatoms. The predicted molar refractivity (Wildman–Crippen MR) is 223 cm³/mol. The van der Waals surface area contributed by atoms with Gasteiger partial charge in [-0.05, 0) is 96.9 Å². The van der Waals surface area contributed by atoms with E-state index in [1.165, 1.54) is 43.2 Å². The van der Waals surface area contributed by atoms with E-state index >= 15 is 0 Å². The van der Waals surface area contributed by atoms with Crippen LogP contribution in [0.2, 0.25) is 0 Å². The zero-order valence-electron chi connectivity index (χ0n) is 31.4. The fourth-order valence-corrected chi connectivity index (χ4v) is 9.01. The van der Waals surface area contributed by atoms with Crippen molar-refractivity contribution in [2.24, 2.45) is 17.0 Å². The third kappa shape index (κ3) is 10.1. The smallest absolute Gasteiger partial charge is 0.358 e. The number of anilines is 2. The summed E-state index contributed by atoms with van der Waals surface area (Å²) in [6.07, 6.45) is 18.7. The van der Waals surface area contributed by atoms with Gasteiger partial charge in [-0.25, -0.2) is 0 Å². The molecule has 0 radical (unpaired) electrons. The van der Waals surface area contributed by atoms with Crippen LogP contribution in [0.25, 0.3) is 0 Å². The van der Waals surface area contributed by atoms with Crippen molar-refractivity contribution in [1.82, 2.24) is 14.3 Å². The minimum absolute atomic E-state index is 0.0895. The molecule has 3 atom stereocenters. The number of aldehydes is 1. The number of benzene rings is 2. The third-order valence-corrected chi connectivity index (χ3v) is 12.6. The lowest BCUT2D eigenvalue weighted by atomic mass is 9.89. The lowest BCUT2D eigenvalue weighted by Crippen LogP contribution is -2.45. The van der Waals surface area contributed by atoms with Gasteiger partial charge in [-0.2, -0.15) is 4.55 Å². The maximum Gasteiger partial charge on any atom is 0.358 e. The zero-order chi connectivity index (χ0) is 38.9. The van der Waals surface area contributed by atoms with Crippen LogP contribution >= 0.6 is 11.6 Å². The fraction of sp³-hybridized carbons (Fsp3) is 0.452. The lowest BCUT2D eigenvalue weighted by Gasteiger charge is -2.41. The molecular formula is C42H49ClN6O6S+2. The Balaban J connectivity index is 1.03. The van der Waals surface area contributed by atoms with Crippen molar-refractivity contribution in [3.05, 3.63) is 88.1 Å². The summed E-state index contributed by atoms with van der Waals surface area (Å²) in [6.45, 7) is 6.01. The van der Waals surface area contributed by atoms with Crippen LogP contribution in [0.3, 0.4) is 0 Å². The van der Waals surface area contributed by atoms with Crippen molar-refractivity contribution in [2.45, 2.75) is 67.7 Å². The molecule has 4 heterocycles. The van der Waals surface area contributed by atoms with Gasteiger partial charge in [0.2, 0.25) is 4.90 Å². The maximum atomic E-state index is 13.8. The molecule has 0 bridgehead atoms. The predicted octanol–water partition coefficient (Wildman–Crippen LogP) is 6.49. The van der Waals surface area contributed by atoms with Crippen LogP contribution < -0.4 is 24.3 Å². The van der Waals surface area contributed by atoms with Crippen LogP contribution in [0.15, 0.2) is 87.7 Å². The molecule has 0 aromatic heterocycles. The molecule has 3 unspecified atom stereocenters. The molecule has 3 N–H and O–H groups in total. The van der Waals surface area contributed by atoms with Gasteiger partial charge in [0.15, 0.2) is 6.29 Å². The molecule has 3 saturated heterocycles. The number of carbonyl (C=O) groups excluding carboxylic acids is 2. The minimum atomic E-state index is -1.77. The van der Waals surface area contributed by atoms with Crippen LogP contribution in [0.1, 0.15) is 61.7 Å². The summed E-state index contributed by atoms with van der Waals surface area (Å²) in [5, 5.41) is 6.56. The van der Waals surface area contributed by atoms with Crippen LogP contribution in [0.5, 0.6) is 5.75 Å². The first kappa shape index (κ1) is 39.8. The number of hydrogen-bond acceptors (Lipinski definition) is 10.